The van der Waals surface area contributed by atoms with Gasteiger partial charge in [-0.05, 0) is 44.0 Å². The third-order valence-corrected chi connectivity index (χ3v) is 3.76. The number of benzene rings is 1. The number of primary amides is 1. The van der Waals surface area contributed by atoms with Crippen LogP contribution in [0.2, 0.25) is 0 Å². The molecular formula is C15H24N4O. The molecule has 0 bridgehead atoms. The summed E-state index contributed by atoms with van der Waals surface area (Å²) in [6, 6.07) is 5.22. The highest BCUT2D eigenvalue weighted by Gasteiger charge is 2.16. The van der Waals surface area contributed by atoms with E-state index in [-0.39, 0.29) is 0 Å². The molecule has 20 heavy (non-hydrogen) atoms. The molecule has 0 aliphatic carbocycles. The van der Waals surface area contributed by atoms with Crippen LogP contribution in [0.1, 0.15) is 30.1 Å². The van der Waals surface area contributed by atoms with Crippen LogP contribution in [-0.4, -0.2) is 37.0 Å². The minimum absolute atomic E-state index is 0.452. The molecule has 1 atom stereocenters. The smallest absolute Gasteiger partial charge is 0.250 e. The number of rotatable bonds is 6. The number of nitrogens with two attached hydrogens (primary N) is 2. The van der Waals surface area contributed by atoms with Crippen LogP contribution in [0.25, 0.3) is 0 Å². The molecular weight excluding hydrogens is 252 g/mol. The summed E-state index contributed by atoms with van der Waals surface area (Å²) in [7, 11) is 0. The summed E-state index contributed by atoms with van der Waals surface area (Å²) in [5.41, 5.74) is 13.0. The number of likely N-dealkylation sites (tertiary alicyclic amines) is 1. The monoisotopic (exact) mass is 276 g/mol. The molecule has 0 aromatic heterocycles. The highest BCUT2D eigenvalue weighted by atomic mass is 16.1. The lowest BCUT2D eigenvalue weighted by Crippen LogP contribution is -2.29. The van der Waals surface area contributed by atoms with Gasteiger partial charge in [-0.25, -0.2) is 0 Å². The van der Waals surface area contributed by atoms with Crippen molar-refractivity contribution in [3.63, 3.8) is 0 Å². The van der Waals surface area contributed by atoms with Gasteiger partial charge in [0.05, 0.1) is 16.9 Å². The highest BCUT2D eigenvalue weighted by Crippen LogP contribution is 2.23. The lowest BCUT2D eigenvalue weighted by molar-refractivity contribution is 0.100. The van der Waals surface area contributed by atoms with Crippen molar-refractivity contribution < 1.29 is 4.79 Å². The van der Waals surface area contributed by atoms with Gasteiger partial charge in [-0.15, -0.1) is 0 Å². The number of hydrogen-bond acceptors (Lipinski definition) is 4. The molecule has 1 unspecified atom stereocenters. The fourth-order valence-corrected chi connectivity index (χ4v) is 2.72. The normalized spacial score (nSPS) is 17.1. The Hall–Kier alpha value is -1.75. The van der Waals surface area contributed by atoms with Crippen molar-refractivity contribution in [1.29, 1.82) is 0 Å². The van der Waals surface area contributed by atoms with Gasteiger partial charge >= 0.3 is 0 Å². The Labute approximate surface area is 120 Å². The van der Waals surface area contributed by atoms with E-state index < -0.39 is 5.91 Å². The van der Waals surface area contributed by atoms with E-state index in [0.29, 0.717) is 22.9 Å². The number of anilines is 2. The van der Waals surface area contributed by atoms with Crippen molar-refractivity contribution in [3.05, 3.63) is 23.8 Å². The van der Waals surface area contributed by atoms with E-state index in [2.05, 4.69) is 17.1 Å². The lowest BCUT2D eigenvalue weighted by Gasteiger charge is -2.22. The summed E-state index contributed by atoms with van der Waals surface area (Å²) in [5, 5.41) is 3.28. The van der Waals surface area contributed by atoms with E-state index in [9.17, 15) is 4.79 Å². The van der Waals surface area contributed by atoms with Crippen molar-refractivity contribution in [1.82, 2.24) is 4.90 Å². The molecule has 1 saturated heterocycles. The molecule has 2 rings (SSSR count). The predicted molar refractivity (Wildman–Crippen MR) is 82.7 cm³/mol. The van der Waals surface area contributed by atoms with Crippen molar-refractivity contribution in [3.8, 4) is 0 Å². The van der Waals surface area contributed by atoms with Crippen molar-refractivity contribution in [2.45, 2.75) is 19.8 Å². The number of hydrogen-bond donors (Lipinski definition) is 3. The number of carbonyl (C=O) groups is 1. The maximum atomic E-state index is 11.4. The van der Waals surface area contributed by atoms with Gasteiger partial charge in [-0.3, -0.25) is 4.79 Å². The van der Waals surface area contributed by atoms with E-state index in [1.165, 1.54) is 25.9 Å². The van der Waals surface area contributed by atoms with E-state index in [1.807, 2.05) is 0 Å². The molecule has 1 aliphatic heterocycles. The fraction of sp³-hybridized carbons (Fsp3) is 0.533. The first-order valence-corrected chi connectivity index (χ1v) is 7.22. The molecule has 0 radical (unpaired) electrons. The number of carbonyl (C=O) groups excluding carboxylic acids is 1. The van der Waals surface area contributed by atoms with Crippen LogP contribution in [0, 0.1) is 5.92 Å². The van der Waals surface area contributed by atoms with Crippen LogP contribution >= 0.6 is 0 Å². The highest BCUT2D eigenvalue weighted by molar-refractivity contribution is 6.01. The molecule has 1 aromatic carbocycles. The standard InChI is InChI=1S/C15H24N4O/c1-11(10-19-7-2-3-8-19)9-18-14-12(15(17)20)5-4-6-13(14)16/h4-6,11,18H,2-3,7-10,16H2,1H3,(H2,17,20). The predicted octanol–water partition coefficient (Wildman–Crippen LogP) is 1.51. The lowest BCUT2D eigenvalue weighted by atomic mass is 10.1. The average Bonchev–Trinajstić information content (AvgIpc) is 2.89. The maximum Gasteiger partial charge on any atom is 0.250 e. The zero-order valence-corrected chi connectivity index (χ0v) is 12.1. The van der Waals surface area contributed by atoms with E-state index in [1.54, 1.807) is 18.2 Å². The van der Waals surface area contributed by atoms with E-state index in [4.69, 9.17) is 11.5 Å². The second kappa shape index (κ2) is 6.61. The summed E-state index contributed by atoms with van der Waals surface area (Å²) in [5.74, 6) is 0.0421. The van der Waals surface area contributed by atoms with Crippen LogP contribution in [0.4, 0.5) is 11.4 Å². The molecule has 0 spiro atoms. The SMILES string of the molecule is CC(CNc1c(N)cccc1C(N)=O)CN1CCCC1. The van der Waals surface area contributed by atoms with Gasteiger partial charge in [0.2, 0.25) is 0 Å². The molecule has 0 saturated carbocycles. The first kappa shape index (κ1) is 14.7. The molecule has 5 nitrogen and oxygen atoms in total. The molecule has 5 N–H and O–H groups in total. The third kappa shape index (κ3) is 3.63. The van der Waals surface area contributed by atoms with Crippen molar-refractivity contribution in [2.24, 2.45) is 11.7 Å². The summed E-state index contributed by atoms with van der Waals surface area (Å²) >= 11 is 0. The molecule has 1 heterocycles. The summed E-state index contributed by atoms with van der Waals surface area (Å²) in [6.07, 6.45) is 2.61. The third-order valence-electron chi connectivity index (χ3n) is 3.76. The zero-order valence-electron chi connectivity index (χ0n) is 12.1. The van der Waals surface area contributed by atoms with E-state index >= 15 is 0 Å². The minimum Gasteiger partial charge on any atom is -0.397 e. The Balaban J connectivity index is 1.94. The Morgan fingerprint density at radius 1 is 1.40 bits per heavy atom. The van der Waals surface area contributed by atoms with Crippen LogP contribution in [0.5, 0.6) is 0 Å². The number of nitrogens with zero attached hydrogens (tertiary/aromatic N) is 1. The first-order chi connectivity index (χ1) is 9.58. The zero-order chi connectivity index (χ0) is 14.5. The largest absolute Gasteiger partial charge is 0.397 e. The van der Waals surface area contributed by atoms with Crippen LogP contribution in [0.15, 0.2) is 18.2 Å². The van der Waals surface area contributed by atoms with Gasteiger partial charge in [0.1, 0.15) is 0 Å². The average molecular weight is 276 g/mol. The second-order valence-electron chi connectivity index (χ2n) is 5.63. The van der Waals surface area contributed by atoms with Crippen molar-refractivity contribution in [2.75, 3.05) is 37.2 Å². The summed E-state index contributed by atoms with van der Waals surface area (Å²) in [4.78, 5) is 13.9. The van der Waals surface area contributed by atoms with E-state index in [0.717, 1.165) is 13.1 Å². The topological polar surface area (TPSA) is 84.4 Å². The molecule has 5 heteroatoms. The van der Waals surface area contributed by atoms with Crippen LogP contribution < -0.4 is 16.8 Å². The summed E-state index contributed by atoms with van der Waals surface area (Å²) < 4.78 is 0. The number of para-hydroxylation sites is 1. The van der Waals surface area contributed by atoms with Gasteiger partial charge in [-0.1, -0.05) is 13.0 Å². The first-order valence-electron chi connectivity index (χ1n) is 7.22. The summed E-state index contributed by atoms with van der Waals surface area (Å²) in [6.45, 7) is 6.46. The Morgan fingerprint density at radius 3 is 2.75 bits per heavy atom. The minimum atomic E-state index is -0.452. The van der Waals surface area contributed by atoms with Gasteiger partial charge in [0.15, 0.2) is 0 Å². The Kier molecular flexibility index (Phi) is 4.84. The van der Waals surface area contributed by atoms with Crippen LogP contribution in [-0.2, 0) is 0 Å². The number of nitrogen functional groups attached to an aromatic ring is 1. The quantitative estimate of drug-likeness (QED) is 0.688. The van der Waals surface area contributed by atoms with Gasteiger partial charge < -0.3 is 21.7 Å². The Bertz CT molecular complexity index is 469. The fourth-order valence-electron chi connectivity index (χ4n) is 2.72. The molecule has 1 aliphatic rings. The molecule has 1 aromatic rings. The second-order valence-corrected chi connectivity index (χ2v) is 5.63. The molecule has 1 amide bonds. The van der Waals surface area contributed by atoms with Gasteiger partial charge in [-0.2, -0.15) is 0 Å². The van der Waals surface area contributed by atoms with Gasteiger partial charge in [0.25, 0.3) is 5.91 Å². The van der Waals surface area contributed by atoms with Crippen LogP contribution in [0.3, 0.4) is 0 Å². The van der Waals surface area contributed by atoms with Gasteiger partial charge in [0, 0.05) is 13.1 Å². The number of nitrogens with one attached hydrogen (secondary N) is 1. The Morgan fingerprint density at radius 2 is 2.10 bits per heavy atom. The number of amides is 1. The molecule has 1 fully saturated rings. The maximum absolute atomic E-state index is 11.4. The molecule has 110 valence electrons. The van der Waals surface area contributed by atoms with Crippen molar-refractivity contribution >= 4 is 17.3 Å².